The fourth-order valence-electron chi connectivity index (χ4n) is 2.77. The van der Waals surface area contributed by atoms with Crippen molar-refractivity contribution in [3.8, 4) is 5.69 Å². The molecule has 1 amide bonds. The second-order valence-corrected chi connectivity index (χ2v) is 8.07. The summed E-state index contributed by atoms with van der Waals surface area (Å²) in [7, 11) is -0.294. The minimum absolute atomic E-state index is 0.0714. The van der Waals surface area contributed by atoms with Crippen LogP contribution in [-0.4, -0.2) is 38.2 Å². The summed E-state index contributed by atoms with van der Waals surface area (Å²) in [6, 6.07) is 13.2. The smallest absolute Gasteiger partial charge is 0.255 e. The van der Waals surface area contributed by atoms with E-state index in [4.69, 9.17) is 5.14 Å². The van der Waals surface area contributed by atoms with E-state index in [0.29, 0.717) is 16.9 Å². The molecule has 3 rings (SSSR count). The van der Waals surface area contributed by atoms with Crippen molar-refractivity contribution in [1.29, 1.82) is 0 Å². The molecule has 0 spiro atoms. The van der Waals surface area contributed by atoms with Crippen molar-refractivity contribution in [3.05, 3.63) is 66.0 Å². The molecule has 0 bridgehead atoms. The molecule has 8 nitrogen and oxygen atoms in total. The number of amides is 1. The van der Waals surface area contributed by atoms with Crippen molar-refractivity contribution in [2.75, 3.05) is 24.3 Å². The largest absolute Gasteiger partial charge is 0.376 e. The molecule has 0 atom stereocenters. The van der Waals surface area contributed by atoms with E-state index in [9.17, 15) is 13.2 Å². The third-order valence-corrected chi connectivity index (χ3v) is 5.14. The minimum Gasteiger partial charge on any atom is -0.376 e. The van der Waals surface area contributed by atoms with Crippen molar-refractivity contribution in [3.63, 3.8) is 0 Å². The zero-order chi connectivity index (χ0) is 20.5. The molecule has 0 saturated heterocycles. The number of anilines is 2. The predicted octanol–water partition coefficient (Wildman–Crippen LogP) is 2.15. The summed E-state index contributed by atoms with van der Waals surface area (Å²) in [6.45, 7) is 1.94. The molecular formula is C19H21N5O3S. The SMILES string of the molecule is Cc1ccnn1-c1ccc(C(=O)Nc2cc(S(N)(=O)=O)ccc2N(C)C)cc1. The van der Waals surface area contributed by atoms with Crippen LogP contribution < -0.4 is 15.4 Å². The molecule has 1 heterocycles. The number of aromatic nitrogens is 2. The molecule has 0 aliphatic heterocycles. The summed E-state index contributed by atoms with van der Waals surface area (Å²) in [5.74, 6) is -0.363. The molecule has 0 radical (unpaired) electrons. The van der Waals surface area contributed by atoms with Crippen LogP contribution in [-0.2, 0) is 10.0 Å². The molecule has 0 saturated carbocycles. The summed E-state index contributed by atoms with van der Waals surface area (Å²) >= 11 is 0. The number of nitrogens with zero attached hydrogens (tertiary/aromatic N) is 3. The van der Waals surface area contributed by atoms with Gasteiger partial charge in [-0.2, -0.15) is 5.10 Å². The Morgan fingerprint density at radius 3 is 2.32 bits per heavy atom. The topological polar surface area (TPSA) is 110 Å². The van der Waals surface area contributed by atoms with Gasteiger partial charge in [-0.3, -0.25) is 4.79 Å². The van der Waals surface area contributed by atoms with Gasteiger partial charge in [0.25, 0.3) is 5.91 Å². The van der Waals surface area contributed by atoms with Crippen LogP contribution >= 0.6 is 0 Å². The standard InChI is InChI=1S/C19H21N5O3S/c1-13-10-11-21-24(13)15-6-4-14(5-7-15)19(25)22-17-12-16(28(20,26)27)8-9-18(17)23(2)3/h4-12H,1-3H3,(H,22,25)(H2,20,26,27). The normalized spacial score (nSPS) is 11.3. The van der Waals surface area contributed by atoms with E-state index in [1.54, 1.807) is 60.2 Å². The van der Waals surface area contributed by atoms with Gasteiger partial charge in [0.2, 0.25) is 10.0 Å². The first-order chi connectivity index (χ1) is 13.2. The molecule has 3 N–H and O–H groups in total. The lowest BCUT2D eigenvalue weighted by atomic mass is 10.1. The van der Waals surface area contributed by atoms with Crippen LogP contribution in [0.5, 0.6) is 0 Å². The molecule has 3 aromatic rings. The molecule has 0 aliphatic carbocycles. The van der Waals surface area contributed by atoms with E-state index in [1.807, 2.05) is 13.0 Å². The van der Waals surface area contributed by atoms with Crippen molar-refractivity contribution in [1.82, 2.24) is 9.78 Å². The van der Waals surface area contributed by atoms with E-state index in [-0.39, 0.29) is 10.8 Å². The second kappa shape index (κ2) is 7.45. The van der Waals surface area contributed by atoms with Crippen LogP contribution in [0.3, 0.4) is 0 Å². The number of benzene rings is 2. The number of sulfonamides is 1. The lowest BCUT2D eigenvalue weighted by Gasteiger charge is -2.19. The number of primary sulfonamides is 1. The summed E-state index contributed by atoms with van der Waals surface area (Å²) in [5, 5.41) is 12.2. The first-order valence-corrected chi connectivity index (χ1v) is 9.98. The van der Waals surface area contributed by atoms with E-state index in [1.165, 1.54) is 12.1 Å². The Morgan fingerprint density at radius 2 is 1.79 bits per heavy atom. The first kappa shape index (κ1) is 19.6. The van der Waals surface area contributed by atoms with Gasteiger partial charge in [0.05, 0.1) is 22.0 Å². The monoisotopic (exact) mass is 399 g/mol. The number of carbonyl (C=O) groups excluding carboxylic acids is 1. The minimum atomic E-state index is -3.88. The van der Waals surface area contributed by atoms with Gasteiger partial charge in [-0.25, -0.2) is 18.2 Å². The number of nitrogens with one attached hydrogen (secondary N) is 1. The highest BCUT2D eigenvalue weighted by Crippen LogP contribution is 2.28. The molecule has 9 heteroatoms. The molecule has 0 fully saturated rings. The lowest BCUT2D eigenvalue weighted by Crippen LogP contribution is -2.18. The van der Waals surface area contributed by atoms with Crippen molar-refractivity contribution < 1.29 is 13.2 Å². The van der Waals surface area contributed by atoms with Crippen LogP contribution in [0.1, 0.15) is 16.1 Å². The Hall–Kier alpha value is -3.17. The summed E-state index contributed by atoms with van der Waals surface area (Å²) in [6.07, 6.45) is 1.71. The van der Waals surface area contributed by atoms with Gasteiger partial charge >= 0.3 is 0 Å². The Morgan fingerprint density at radius 1 is 1.11 bits per heavy atom. The molecule has 1 aromatic heterocycles. The summed E-state index contributed by atoms with van der Waals surface area (Å²) < 4.78 is 25.1. The third kappa shape index (κ3) is 4.05. The van der Waals surface area contributed by atoms with Crippen LogP contribution in [0.4, 0.5) is 11.4 Å². The van der Waals surface area contributed by atoms with Gasteiger partial charge in [0.15, 0.2) is 0 Å². The van der Waals surface area contributed by atoms with Crippen molar-refractivity contribution in [2.24, 2.45) is 5.14 Å². The number of rotatable bonds is 5. The number of carbonyl (C=O) groups is 1. The summed E-state index contributed by atoms with van der Waals surface area (Å²) in [4.78, 5) is 14.4. The Labute approximate surface area is 163 Å². The zero-order valence-electron chi connectivity index (χ0n) is 15.7. The Bertz CT molecular complexity index is 1120. The molecule has 28 heavy (non-hydrogen) atoms. The number of aryl methyl sites for hydroxylation is 1. The predicted molar refractivity (Wildman–Crippen MR) is 108 cm³/mol. The van der Waals surface area contributed by atoms with E-state index < -0.39 is 10.0 Å². The molecule has 0 aliphatic rings. The number of hydrogen-bond acceptors (Lipinski definition) is 5. The van der Waals surface area contributed by atoms with Gasteiger partial charge in [-0.05, 0) is 55.5 Å². The van der Waals surface area contributed by atoms with E-state index in [2.05, 4.69) is 10.4 Å². The number of nitrogens with two attached hydrogens (primary N) is 1. The van der Waals surface area contributed by atoms with E-state index in [0.717, 1.165) is 11.4 Å². The fourth-order valence-corrected chi connectivity index (χ4v) is 3.31. The Balaban J connectivity index is 1.89. The third-order valence-electron chi connectivity index (χ3n) is 4.23. The quantitative estimate of drug-likeness (QED) is 0.683. The average Bonchev–Trinajstić information content (AvgIpc) is 3.06. The van der Waals surface area contributed by atoms with Gasteiger partial charge < -0.3 is 10.2 Å². The summed E-state index contributed by atoms with van der Waals surface area (Å²) in [5.41, 5.74) is 3.26. The van der Waals surface area contributed by atoms with Crippen molar-refractivity contribution in [2.45, 2.75) is 11.8 Å². The zero-order valence-corrected chi connectivity index (χ0v) is 16.6. The van der Waals surface area contributed by atoms with Crippen molar-refractivity contribution >= 4 is 27.3 Å². The van der Waals surface area contributed by atoms with Gasteiger partial charge in [-0.15, -0.1) is 0 Å². The van der Waals surface area contributed by atoms with Crippen LogP contribution in [0, 0.1) is 6.92 Å². The van der Waals surface area contributed by atoms with Crippen LogP contribution in [0.15, 0.2) is 59.6 Å². The number of hydrogen-bond donors (Lipinski definition) is 2. The van der Waals surface area contributed by atoms with E-state index >= 15 is 0 Å². The molecule has 146 valence electrons. The second-order valence-electron chi connectivity index (χ2n) is 6.50. The maximum absolute atomic E-state index is 12.7. The maximum atomic E-state index is 12.7. The highest BCUT2D eigenvalue weighted by Gasteiger charge is 2.15. The highest BCUT2D eigenvalue weighted by molar-refractivity contribution is 7.89. The van der Waals surface area contributed by atoms with Crippen LogP contribution in [0.25, 0.3) is 5.69 Å². The Kier molecular flexibility index (Phi) is 5.21. The lowest BCUT2D eigenvalue weighted by molar-refractivity contribution is 0.102. The van der Waals surface area contributed by atoms with Gasteiger partial charge in [0, 0.05) is 31.5 Å². The van der Waals surface area contributed by atoms with Crippen LogP contribution in [0.2, 0.25) is 0 Å². The van der Waals surface area contributed by atoms with Gasteiger partial charge in [-0.1, -0.05) is 0 Å². The maximum Gasteiger partial charge on any atom is 0.255 e. The molecule has 2 aromatic carbocycles. The first-order valence-electron chi connectivity index (χ1n) is 8.43. The molecular weight excluding hydrogens is 378 g/mol. The highest BCUT2D eigenvalue weighted by atomic mass is 32.2. The fraction of sp³-hybridized carbons (Fsp3) is 0.158. The van der Waals surface area contributed by atoms with Gasteiger partial charge in [0.1, 0.15) is 0 Å². The average molecular weight is 399 g/mol. The molecule has 0 unspecified atom stereocenters.